The van der Waals surface area contributed by atoms with Crippen LogP contribution in [0.15, 0.2) is 23.2 Å². The maximum Gasteiger partial charge on any atom is 0.471 e. The number of isocyanates is 1. The molecular weight excluding hydrogens is 335 g/mol. The number of carbonyl (C=O) groups excluding carboxylic acids is 2. The minimum absolute atomic E-state index is 0.00955. The first-order valence-corrected chi connectivity index (χ1v) is 7.87. The molecule has 1 saturated heterocycles. The maximum atomic E-state index is 12.5. The van der Waals surface area contributed by atoms with Crippen molar-refractivity contribution in [1.82, 2.24) is 4.90 Å². The molecular formula is C17H20F3N3O2. The first kappa shape index (κ1) is 19.0. The van der Waals surface area contributed by atoms with Gasteiger partial charge in [-0.15, -0.1) is 0 Å². The fraction of sp³-hybridized carbons (Fsp3) is 0.529. The zero-order valence-electron chi connectivity index (χ0n) is 14.4. The van der Waals surface area contributed by atoms with E-state index in [1.165, 1.54) is 6.08 Å². The summed E-state index contributed by atoms with van der Waals surface area (Å²) in [6.07, 6.45) is -3.34. The number of hydrogen-bond acceptors (Lipinski definition) is 4. The van der Waals surface area contributed by atoms with E-state index in [9.17, 15) is 22.8 Å². The molecule has 0 atom stereocenters. The number of halogens is 3. The van der Waals surface area contributed by atoms with E-state index in [4.69, 9.17) is 0 Å². The number of piperazine rings is 1. The Morgan fingerprint density at radius 1 is 1.08 bits per heavy atom. The van der Waals surface area contributed by atoms with E-state index >= 15 is 0 Å². The lowest BCUT2D eigenvalue weighted by atomic mass is 9.86. The van der Waals surface area contributed by atoms with Crippen molar-refractivity contribution in [2.45, 2.75) is 32.4 Å². The molecule has 1 aromatic rings. The Morgan fingerprint density at radius 3 is 2.16 bits per heavy atom. The number of anilines is 1. The van der Waals surface area contributed by atoms with Crippen LogP contribution in [0.2, 0.25) is 0 Å². The van der Waals surface area contributed by atoms with Crippen molar-refractivity contribution in [3.05, 3.63) is 23.8 Å². The summed E-state index contributed by atoms with van der Waals surface area (Å²) in [5.41, 5.74) is 1.98. The van der Waals surface area contributed by atoms with Gasteiger partial charge in [0.25, 0.3) is 0 Å². The standard InChI is InChI=1S/C17H20F3N3O2/c1-16(2,3)12-8-13(21-11-24)10-14(9-12)22-4-6-23(7-5-22)15(25)17(18,19)20/h8-10H,4-7H2,1-3H3. The average molecular weight is 355 g/mol. The largest absolute Gasteiger partial charge is 0.471 e. The highest BCUT2D eigenvalue weighted by atomic mass is 19.4. The lowest BCUT2D eigenvalue weighted by Crippen LogP contribution is -2.52. The first-order chi connectivity index (χ1) is 11.5. The number of carbonyl (C=O) groups is 1. The molecule has 0 aromatic heterocycles. The van der Waals surface area contributed by atoms with Gasteiger partial charge in [-0.1, -0.05) is 20.8 Å². The lowest BCUT2D eigenvalue weighted by Gasteiger charge is -2.37. The molecule has 0 N–H and O–H groups in total. The fourth-order valence-corrected chi connectivity index (χ4v) is 2.68. The van der Waals surface area contributed by atoms with Gasteiger partial charge in [0, 0.05) is 31.9 Å². The summed E-state index contributed by atoms with van der Waals surface area (Å²) in [7, 11) is 0. The molecule has 0 bridgehead atoms. The SMILES string of the molecule is CC(C)(C)c1cc(N=C=O)cc(N2CCN(C(=O)C(F)(F)F)CC2)c1. The van der Waals surface area contributed by atoms with E-state index in [1.807, 2.05) is 31.7 Å². The Hall–Kier alpha value is -2.34. The predicted molar refractivity (Wildman–Crippen MR) is 87.8 cm³/mol. The summed E-state index contributed by atoms with van der Waals surface area (Å²) < 4.78 is 37.6. The average Bonchev–Trinajstić information content (AvgIpc) is 2.52. The van der Waals surface area contributed by atoms with Gasteiger partial charge in [0.2, 0.25) is 6.08 Å². The predicted octanol–water partition coefficient (Wildman–Crippen LogP) is 3.16. The van der Waals surface area contributed by atoms with Crippen molar-refractivity contribution in [2.75, 3.05) is 31.1 Å². The molecule has 0 spiro atoms. The molecule has 1 aromatic carbocycles. The number of aliphatic imine (C=N–C) groups is 1. The quantitative estimate of drug-likeness (QED) is 0.605. The van der Waals surface area contributed by atoms with E-state index in [-0.39, 0.29) is 31.6 Å². The second kappa shape index (κ2) is 6.88. The smallest absolute Gasteiger partial charge is 0.368 e. The Kier molecular flexibility index (Phi) is 5.23. The number of hydrogen-bond donors (Lipinski definition) is 0. The van der Waals surface area contributed by atoms with E-state index in [2.05, 4.69) is 4.99 Å². The molecule has 2 rings (SSSR count). The van der Waals surface area contributed by atoms with E-state index in [0.29, 0.717) is 5.69 Å². The van der Waals surface area contributed by atoms with Gasteiger partial charge in [0.15, 0.2) is 0 Å². The van der Waals surface area contributed by atoms with Crippen molar-refractivity contribution >= 4 is 23.4 Å². The van der Waals surface area contributed by atoms with Crippen molar-refractivity contribution in [3.63, 3.8) is 0 Å². The van der Waals surface area contributed by atoms with Crippen LogP contribution in [0, 0.1) is 0 Å². The molecule has 25 heavy (non-hydrogen) atoms. The second-order valence-electron chi connectivity index (χ2n) is 6.97. The third-order valence-electron chi connectivity index (χ3n) is 4.12. The molecule has 1 fully saturated rings. The topological polar surface area (TPSA) is 53.0 Å². The van der Waals surface area contributed by atoms with Gasteiger partial charge in [0.05, 0.1) is 5.69 Å². The summed E-state index contributed by atoms with van der Waals surface area (Å²) in [5.74, 6) is -1.80. The third-order valence-corrected chi connectivity index (χ3v) is 4.12. The van der Waals surface area contributed by atoms with E-state index in [0.717, 1.165) is 16.2 Å². The van der Waals surface area contributed by atoms with Crippen LogP contribution in [0.4, 0.5) is 24.5 Å². The molecule has 1 aliphatic heterocycles. The summed E-state index contributed by atoms with van der Waals surface area (Å²) in [4.78, 5) is 28.3. The van der Waals surface area contributed by atoms with Gasteiger partial charge < -0.3 is 9.80 Å². The fourth-order valence-electron chi connectivity index (χ4n) is 2.68. The molecule has 0 unspecified atom stereocenters. The molecule has 136 valence electrons. The normalized spacial score (nSPS) is 15.8. The van der Waals surface area contributed by atoms with Crippen LogP contribution in [0.5, 0.6) is 0 Å². The molecule has 1 amide bonds. The summed E-state index contributed by atoms with van der Waals surface area (Å²) in [6, 6.07) is 5.42. The monoisotopic (exact) mass is 355 g/mol. The van der Waals surface area contributed by atoms with Crippen LogP contribution >= 0.6 is 0 Å². The zero-order chi connectivity index (χ0) is 18.8. The van der Waals surface area contributed by atoms with Gasteiger partial charge in [-0.05, 0) is 29.2 Å². The molecule has 1 aliphatic rings. The number of nitrogens with zero attached hydrogens (tertiary/aromatic N) is 3. The van der Waals surface area contributed by atoms with Gasteiger partial charge in [-0.2, -0.15) is 18.2 Å². The minimum Gasteiger partial charge on any atom is -0.368 e. The van der Waals surface area contributed by atoms with Crippen LogP contribution in [-0.4, -0.2) is 49.2 Å². The molecule has 0 aliphatic carbocycles. The zero-order valence-corrected chi connectivity index (χ0v) is 14.4. The molecule has 5 nitrogen and oxygen atoms in total. The molecule has 0 saturated carbocycles. The molecule has 0 radical (unpaired) electrons. The Morgan fingerprint density at radius 2 is 1.68 bits per heavy atom. The van der Waals surface area contributed by atoms with Gasteiger partial charge in [-0.3, -0.25) is 4.79 Å². The second-order valence-corrected chi connectivity index (χ2v) is 6.97. The summed E-state index contributed by atoms with van der Waals surface area (Å²) in [6.45, 7) is 6.58. The van der Waals surface area contributed by atoms with Gasteiger partial charge >= 0.3 is 12.1 Å². The third kappa shape index (κ3) is 4.60. The van der Waals surface area contributed by atoms with E-state index < -0.39 is 12.1 Å². The van der Waals surface area contributed by atoms with Crippen LogP contribution in [0.3, 0.4) is 0 Å². The molecule has 1 heterocycles. The van der Waals surface area contributed by atoms with E-state index in [1.54, 1.807) is 12.1 Å². The summed E-state index contributed by atoms with van der Waals surface area (Å²) in [5, 5.41) is 0. The first-order valence-electron chi connectivity index (χ1n) is 7.87. The van der Waals surface area contributed by atoms with Crippen LogP contribution in [0.1, 0.15) is 26.3 Å². The number of amides is 1. The number of rotatable bonds is 2. The van der Waals surface area contributed by atoms with Gasteiger partial charge in [-0.25, -0.2) is 4.79 Å². The number of benzene rings is 1. The highest BCUT2D eigenvalue weighted by Crippen LogP contribution is 2.32. The van der Waals surface area contributed by atoms with Crippen molar-refractivity contribution in [3.8, 4) is 0 Å². The lowest BCUT2D eigenvalue weighted by molar-refractivity contribution is -0.185. The van der Waals surface area contributed by atoms with Crippen molar-refractivity contribution < 1.29 is 22.8 Å². The minimum atomic E-state index is -4.85. The Bertz CT molecular complexity index is 696. The Balaban J connectivity index is 2.21. The van der Waals surface area contributed by atoms with Crippen LogP contribution in [0.25, 0.3) is 0 Å². The van der Waals surface area contributed by atoms with Crippen LogP contribution < -0.4 is 4.90 Å². The Labute approximate surface area is 144 Å². The number of alkyl halides is 3. The van der Waals surface area contributed by atoms with Gasteiger partial charge in [0.1, 0.15) is 0 Å². The maximum absolute atomic E-state index is 12.5. The molecule has 8 heteroatoms. The van der Waals surface area contributed by atoms with Crippen LogP contribution in [-0.2, 0) is 15.0 Å². The van der Waals surface area contributed by atoms with Crippen molar-refractivity contribution in [1.29, 1.82) is 0 Å². The highest BCUT2D eigenvalue weighted by molar-refractivity contribution is 5.82. The summed E-state index contributed by atoms with van der Waals surface area (Å²) >= 11 is 0. The highest BCUT2D eigenvalue weighted by Gasteiger charge is 2.43. The van der Waals surface area contributed by atoms with Crippen molar-refractivity contribution in [2.24, 2.45) is 4.99 Å².